The van der Waals surface area contributed by atoms with Crippen molar-refractivity contribution in [2.75, 3.05) is 11.6 Å². The Kier molecular flexibility index (Phi) is 6.48. The maximum Gasteiger partial charge on any atom is 0.332 e. The molecule has 2 aromatic rings. The van der Waals surface area contributed by atoms with E-state index in [1.807, 2.05) is 6.92 Å². The summed E-state index contributed by atoms with van der Waals surface area (Å²) in [7, 11) is 0. The van der Waals surface area contributed by atoms with Crippen LogP contribution in [0.1, 0.15) is 46.0 Å². The van der Waals surface area contributed by atoms with Gasteiger partial charge in [0.1, 0.15) is 11.2 Å². The van der Waals surface area contributed by atoms with Crippen LogP contribution < -0.4 is 17.0 Å². The van der Waals surface area contributed by atoms with Gasteiger partial charge in [0.15, 0.2) is 5.65 Å². The summed E-state index contributed by atoms with van der Waals surface area (Å²) in [5, 5.41) is 4.70. The molecule has 2 aromatic heterocycles. The second-order valence-electron chi connectivity index (χ2n) is 5.95. The Hall–Kier alpha value is -1.76. The molecule has 0 radical (unpaired) electrons. The van der Waals surface area contributed by atoms with Crippen molar-refractivity contribution >= 4 is 28.5 Å². The quantitative estimate of drug-likeness (QED) is 0.551. The maximum absolute atomic E-state index is 12.7. The van der Waals surface area contributed by atoms with Crippen molar-refractivity contribution in [3.05, 3.63) is 20.8 Å². The lowest BCUT2D eigenvalue weighted by Gasteiger charge is -2.10. The summed E-state index contributed by atoms with van der Waals surface area (Å²) >= 11 is 5.78. The van der Waals surface area contributed by atoms with Crippen molar-refractivity contribution in [1.82, 2.24) is 18.9 Å². The lowest BCUT2D eigenvalue weighted by atomic mass is 10.2. The van der Waals surface area contributed by atoms with E-state index in [0.29, 0.717) is 43.0 Å². The summed E-state index contributed by atoms with van der Waals surface area (Å²) in [4.78, 5) is 25.4. The number of nitrogen functional groups attached to an aromatic ring is 1. The average molecular weight is 356 g/mol. The number of anilines is 1. The molecule has 2 heterocycles. The number of unbranched alkanes of at least 4 members (excludes halogenated alkanes) is 3. The van der Waals surface area contributed by atoms with Gasteiger partial charge in [-0.25, -0.2) is 9.48 Å². The van der Waals surface area contributed by atoms with E-state index in [1.165, 1.54) is 9.25 Å². The zero-order valence-corrected chi connectivity index (χ0v) is 15.2. The molecule has 134 valence electrons. The molecule has 0 fully saturated rings. The third kappa shape index (κ3) is 3.50. The molecule has 8 heteroatoms. The van der Waals surface area contributed by atoms with E-state index in [9.17, 15) is 9.59 Å². The predicted octanol–water partition coefficient (Wildman–Crippen LogP) is 2.17. The molecule has 0 aliphatic heterocycles. The van der Waals surface area contributed by atoms with Crippen molar-refractivity contribution in [1.29, 1.82) is 0 Å². The third-order valence-electron chi connectivity index (χ3n) is 4.13. The van der Waals surface area contributed by atoms with Crippen LogP contribution in [0.15, 0.2) is 9.59 Å². The van der Waals surface area contributed by atoms with E-state index in [2.05, 4.69) is 12.0 Å². The van der Waals surface area contributed by atoms with E-state index >= 15 is 0 Å². The zero-order chi connectivity index (χ0) is 17.7. The highest BCUT2D eigenvalue weighted by molar-refractivity contribution is 6.17. The molecule has 0 bridgehead atoms. The van der Waals surface area contributed by atoms with Gasteiger partial charge < -0.3 is 5.73 Å². The van der Waals surface area contributed by atoms with Crippen LogP contribution in [0.25, 0.3) is 11.0 Å². The van der Waals surface area contributed by atoms with Gasteiger partial charge in [0, 0.05) is 19.0 Å². The normalized spacial score (nSPS) is 11.5. The van der Waals surface area contributed by atoms with Crippen molar-refractivity contribution < 1.29 is 0 Å². The molecule has 2 N–H and O–H groups in total. The van der Waals surface area contributed by atoms with Gasteiger partial charge in [0.25, 0.3) is 5.56 Å². The molecule has 7 nitrogen and oxygen atoms in total. The van der Waals surface area contributed by atoms with Gasteiger partial charge in [0.05, 0.1) is 6.54 Å². The van der Waals surface area contributed by atoms with Gasteiger partial charge in [-0.05, 0) is 12.8 Å². The molecule has 0 amide bonds. The summed E-state index contributed by atoms with van der Waals surface area (Å²) < 4.78 is 4.37. The third-order valence-corrected chi connectivity index (χ3v) is 4.30. The molecule has 0 spiro atoms. The zero-order valence-electron chi connectivity index (χ0n) is 14.4. The van der Waals surface area contributed by atoms with Gasteiger partial charge in [0.2, 0.25) is 0 Å². The van der Waals surface area contributed by atoms with Gasteiger partial charge in [-0.15, -0.1) is 11.6 Å². The Bertz CT molecular complexity index is 805. The standard InChI is InChI=1S/C16H26ClN5O2/c1-3-5-6-7-10-20-14-12(13(18)22(19-14)11-8-17)15(23)21(9-4-2)16(20)24/h3-11,18H2,1-2H3. The minimum atomic E-state index is -0.361. The first-order valence-electron chi connectivity index (χ1n) is 8.62. The Balaban J connectivity index is 2.61. The molecule has 0 aromatic carbocycles. The number of nitrogens with zero attached hydrogens (tertiary/aromatic N) is 4. The fourth-order valence-corrected chi connectivity index (χ4v) is 3.04. The minimum absolute atomic E-state index is 0.280. The number of aromatic nitrogens is 4. The lowest BCUT2D eigenvalue weighted by molar-refractivity contribution is 0.525. The number of rotatable bonds is 9. The van der Waals surface area contributed by atoms with Crippen molar-refractivity contribution in [2.45, 2.75) is 65.6 Å². The van der Waals surface area contributed by atoms with Gasteiger partial charge >= 0.3 is 5.69 Å². The number of halogens is 1. The fraction of sp³-hybridized carbons (Fsp3) is 0.688. The van der Waals surface area contributed by atoms with Crippen LogP contribution in [0.2, 0.25) is 0 Å². The highest BCUT2D eigenvalue weighted by Crippen LogP contribution is 2.16. The van der Waals surface area contributed by atoms with Crippen LogP contribution in [0.3, 0.4) is 0 Å². The van der Waals surface area contributed by atoms with E-state index in [0.717, 1.165) is 25.7 Å². The second kappa shape index (κ2) is 8.37. The summed E-state index contributed by atoms with van der Waals surface area (Å²) in [6.45, 7) is 5.39. The van der Waals surface area contributed by atoms with Crippen LogP contribution in [-0.2, 0) is 19.6 Å². The molecular weight excluding hydrogens is 330 g/mol. The predicted molar refractivity (Wildman–Crippen MR) is 97.8 cm³/mol. The van der Waals surface area contributed by atoms with Crippen LogP contribution in [0.4, 0.5) is 5.82 Å². The van der Waals surface area contributed by atoms with Crippen LogP contribution in [0, 0.1) is 0 Å². The minimum Gasteiger partial charge on any atom is -0.383 e. The fourth-order valence-electron chi connectivity index (χ4n) is 2.88. The van der Waals surface area contributed by atoms with E-state index in [1.54, 1.807) is 4.57 Å². The summed E-state index contributed by atoms with van der Waals surface area (Å²) in [6.07, 6.45) is 4.85. The van der Waals surface area contributed by atoms with Crippen LogP contribution in [-0.4, -0.2) is 24.8 Å². The molecule has 0 saturated heterocycles. The van der Waals surface area contributed by atoms with E-state index in [4.69, 9.17) is 17.3 Å². The summed E-state index contributed by atoms with van der Waals surface area (Å²) in [6, 6.07) is 0. The van der Waals surface area contributed by atoms with E-state index < -0.39 is 0 Å². The van der Waals surface area contributed by atoms with Gasteiger partial charge in [-0.1, -0.05) is 33.1 Å². The molecule has 0 aliphatic carbocycles. The van der Waals surface area contributed by atoms with E-state index in [-0.39, 0.29) is 17.1 Å². The van der Waals surface area contributed by atoms with Crippen molar-refractivity contribution in [3.8, 4) is 0 Å². The molecule has 0 unspecified atom stereocenters. The number of hydrogen-bond acceptors (Lipinski definition) is 4. The molecule has 0 atom stereocenters. The SMILES string of the molecule is CCCCCCn1c(=O)n(CCC)c(=O)c2c(N)n(CCCl)nc21. The highest BCUT2D eigenvalue weighted by Gasteiger charge is 2.20. The topological polar surface area (TPSA) is 87.8 Å². The molecule has 0 saturated carbocycles. The molecule has 2 rings (SSSR count). The molecule has 0 aliphatic rings. The highest BCUT2D eigenvalue weighted by atomic mass is 35.5. The Morgan fingerprint density at radius 3 is 2.38 bits per heavy atom. The lowest BCUT2D eigenvalue weighted by Crippen LogP contribution is -2.40. The molecule has 24 heavy (non-hydrogen) atoms. The Labute approximate surface area is 146 Å². The number of fused-ring (bicyclic) bond motifs is 1. The van der Waals surface area contributed by atoms with Gasteiger partial charge in [-0.2, -0.15) is 5.10 Å². The van der Waals surface area contributed by atoms with Crippen molar-refractivity contribution in [3.63, 3.8) is 0 Å². The van der Waals surface area contributed by atoms with Crippen molar-refractivity contribution in [2.24, 2.45) is 0 Å². The first kappa shape index (κ1) is 18.6. The summed E-state index contributed by atoms with van der Waals surface area (Å²) in [5.74, 6) is 0.616. The van der Waals surface area contributed by atoms with Crippen LogP contribution >= 0.6 is 11.6 Å². The second-order valence-corrected chi connectivity index (χ2v) is 6.33. The monoisotopic (exact) mass is 355 g/mol. The maximum atomic E-state index is 12.7. The van der Waals surface area contributed by atoms with Crippen LogP contribution in [0.5, 0.6) is 0 Å². The Morgan fingerprint density at radius 2 is 1.75 bits per heavy atom. The summed E-state index contributed by atoms with van der Waals surface area (Å²) in [5.41, 5.74) is 5.81. The average Bonchev–Trinajstić information content (AvgIpc) is 2.88. The first-order chi connectivity index (χ1) is 11.6. The first-order valence-corrected chi connectivity index (χ1v) is 9.15. The smallest absolute Gasteiger partial charge is 0.332 e. The van der Waals surface area contributed by atoms with Gasteiger partial charge in [-0.3, -0.25) is 13.9 Å². The largest absolute Gasteiger partial charge is 0.383 e. The number of nitrogens with two attached hydrogens (primary N) is 1. The number of aryl methyl sites for hydroxylation is 2. The number of hydrogen-bond donors (Lipinski definition) is 1. The Morgan fingerprint density at radius 1 is 1.00 bits per heavy atom. The number of alkyl halides is 1. The molecular formula is C16H26ClN5O2.